The fourth-order valence-corrected chi connectivity index (χ4v) is 1.43. The van der Waals surface area contributed by atoms with Crippen LogP contribution >= 0.6 is 0 Å². The van der Waals surface area contributed by atoms with Crippen molar-refractivity contribution in [3.8, 4) is 0 Å². The van der Waals surface area contributed by atoms with Crippen molar-refractivity contribution in [2.45, 2.75) is 6.42 Å². The van der Waals surface area contributed by atoms with Gasteiger partial charge in [0.15, 0.2) is 0 Å². The molecule has 72 valence electrons. The second-order valence-electron chi connectivity index (χ2n) is 3.82. The number of quaternary nitrogens is 1. The highest BCUT2D eigenvalue weighted by atomic mass is 16.3. The maximum atomic E-state index is 8.77. The predicted molar refractivity (Wildman–Crippen MR) is 56.7 cm³/mol. The van der Waals surface area contributed by atoms with E-state index in [1.165, 1.54) is 5.69 Å². The SMILES string of the molecule is C[N+](C)(CCCO)c1ccccc1. The van der Waals surface area contributed by atoms with Gasteiger partial charge in [0.25, 0.3) is 0 Å². The fourth-order valence-electron chi connectivity index (χ4n) is 1.43. The molecule has 1 aromatic rings. The molecule has 1 rings (SSSR count). The van der Waals surface area contributed by atoms with Gasteiger partial charge in [0, 0.05) is 13.0 Å². The molecule has 0 aliphatic heterocycles. The van der Waals surface area contributed by atoms with Gasteiger partial charge in [-0.1, -0.05) is 18.2 Å². The van der Waals surface area contributed by atoms with E-state index in [1.54, 1.807) is 0 Å². The highest BCUT2D eigenvalue weighted by Gasteiger charge is 2.16. The van der Waals surface area contributed by atoms with E-state index in [9.17, 15) is 0 Å². The van der Waals surface area contributed by atoms with Gasteiger partial charge in [0.1, 0.15) is 5.69 Å². The molecule has 1 N–H and O–H groups in total. The summed E-state index contributed by atoms with van der Waals surface area (Å²) in [6.45, 7) is 1.25. The van der Waals surface area contributed by atoms with E-state index in [0.717, 1.165) is 17.4 Å². The molecule has 2 nitrogen and oxygen atoms in total. The summed E-state index contributed by atoms with van der Waals surface area (Å²) in [5, 5.41) is 8.77. The zero-order valence-electron chi connectivity index (χ0n) is 8.40. The van der Waals surface area contributed by atoms with Crippen molar-refractivity contribution in [1.29, 1.82) is 0 Å². The van der Waals surface area contributed by atoms with Crippen molar-refractivity contribution in [1.82, 2.24) is 4.48 Å². The number of benzene rings is 1. The summed E-state index contributed by atoms with van der Waals surface area (Å²) in [6.07, 6.45) is 0.849. The van der Waals surface area contributed by atoms with Gasteiger partial charge < -0.3 is 5.11 Å². The van der Waals surface area contributed by atoms with Crippen LogP contribution in [0.4, 0.5) is 5.69 Å². The Morgan fingerprint density at radius 2 is 1.77 bits per heavy atom. The topological polar surface area (TPSA) is 20.2 Å². The second kappa shape index (κ2) is 4.40. The van der Waals surface area contributed by atoms with Crippen LogP contribution in [0.5, 0.6) is 0 Å². The minimum absolute atomic E-state index is 0.272. The lowest BCUT2D eigenvalue weighted by molar-refractivity contribution is 0.262. The number of hydrogen-bond acceptors (Lipinski definition) is 1. The van der Waals surface area contributed by atoms with Crippen molar-refractivity contribution < 1.29 is 5.11 Å². The molecule has 13 heavy (non-hydrogen) atoms. The highest BCUT2D eigenvalue weighted by Crippen LogP contribution is 2.17. The summed E-state index contributed by atoms with van der Waals surface area (Å²) < 4.78 is 0.835. The number of nitrogens with zero attached hydrogens (tertiary/aromatic N) is 1. The monoisotopic (exact) mass is 180 g/mol. The van der Waals surface area contributed by atoms with E-state index in [-0.39, 0.29) is 6.61 Å². The number of rotatable bonds is 4. The van der Waals surface area contributed by atoms with E-state index < -0.39 is 0 Å². The smallest absolute Gasteiger partial charge is 0.132 e. The van der Waals surface area contributed by atoms with E-state index in [2.05, 4.69) is 26.2 Å². The molecule has 0 spiro atoms. The van der Waals surface area contributed by atoms with Crippen LogP contribution in [-0.2, 0) is 0 Å². The average molecular weight is 180 g/mol. The van der Waals surface area contributed by atoms with Crippen LogP contribution in [0.1, 0.15) is 6.42 Å². The summed E-state index contributed by atoms with van der Waals surface area (Å²) in [5.41, 5.74) is 1.29. The molecule has 0 amide bonds. The van der Waals surface area contributed by atoms with Crippen LogP contribution in [0.25, 0.3) is 0 Å². The summed E-state index contributed by atoms with van der Waals surface area (Å²) >= 11 is 0. The predicted octanol–water partition coefficient (Wildman–Crippen LogP) is 1.64. The Hall–Kier alpha value is -0.860. The zero-order valence-corrected chi connectivity index (χ0v) is 8.40. The molecule has 2 heteroatoms. The summed E-state index contributed by atoms with van der Waals surface area (Å²) in [6, 6.07) is 10.4. The molecule has 0 fully saturated rings. The van der Waals surface area contributed by atoms with Crippen molar-refractivity contribution in [2.75, 3.05) is 27.2 Å². The number of hydrogen-bond donors (Lipinski definition) is 1. The lowest BCUT2D eigenvalue weighted by Crippen LogP contribution is -2.41. The van der Waals surface area contributed by atoms with E-state index in [1.807, 2.05) is 18.2 Å². The average Bonchev–Trinajstić information content (AvgIpc) is 2.16. The first-order chi connectivity index (χ1) is 6.17. The highest BCUT2D eigenvalue weighted by molar-refractivity contribution is 5.40. The van der Waals surface area contributed by atoms with Gasteiger partial charge in [-0.15, -0.1) is 0 Å². The third-order valence-corrected chi connectivity index (χ3v) is 2.33. The normalized spacial score (nSPS) is 11.6. The summed E-state index contributed by atoms with van der Waals surface area (Å²) in [5.74, 6) is 0. The third-order valence-electron chi connectivity index (χ3n) is 2.33. The largest absolute Gasteiger partial charge is 0.396 e. The molecule has 0 atom stereocenters. The molecule has 0 radical (unpaired) electrons. The zero-order chi connectivity index (χ0) is 9.73. The second-order valence-corrected chi connectivity index (χ2v) is 3.82. The van der Waals surface area contributed by atoms with E-state index >= 15 is 0 Å². The minimum Gasteiger partial charge on any atom is -0.396 e. The lowest BCUT2D eigenvalue weighted by atomic mass is 10.2. The molecular formula is C11H18NO+. The summed E-state index contributed by atoms with van der Waals surface area (Å²) in [4.78, 5) is 0. The maximum absolute atomic E-state index is 8.77. The first-order valence-electron chi connectivity index (χ1n) is 4.66. The molecule has 1 aromatic carbocycles. The first kappa shape index (κ1) is 10.2. The van der Waals surface area contributed by atoms with Crippen LogP contribution in [0, 0.1) is 0 Å². The lowest BCUT2D eigenvalue weighted by Gasteiger charge is -2.28. The maximum Gasteiger partial charge on any atom is 0.132 e. The Morgan fingerprint density at radius 1 is 1.15 bits per heavy atom. The van der Waals surface area contributed by atoms with Crippen LogP contribution in [-0.4, -0.2) is 32.4 Å². The molecule has 0 aromatic heterocycles. The number of aliphatic hydroxyl groups is 1. The number of aliphatic hydroxyl groups excluding tert-OH is 1. The molecule has 0 unspecified atom stereocenters. The number of para-hydroxylation sites is 1. The Labute approximate surface area is 80.0 Å². The quantitative estimate of drug-likeness (QED) is 0.698. The van der Waals surface area contributed by atoms with Crippen molar-refractivity contribution in [3.05, 3.63) is 30.3 Å². The molecule has 0 bridgehead atoms. The van der Waals surface area contributed by atoms with Crippen LogP contribution in [0.3, 0.4) is 0 Å². The van der Waals surface area contributed by atoms with Gasteiger partial charge in [0.2, 0.25) is 0 Å². The van der Waals surface area contributed by atoms with Gasteiger partial charge in [-0.2, -0.15) is 0 Å². The molecule has 0 heterocycles. The Balaban J connectivity index is 2.69. The van der Waals surface area contributed by atoms with Gasteiger partial charge in [0.05, 0.1) is 20.6 Å². The molecule has 0 aliphatic rings. The molecular weight excluding hydrogens is 162 g/mol. The molecule has 0 saturated carbocycles. The van der Waals surface area contributed by atoms with Gasteiger partial charge in [-0.3, -0.25) is 4.48 Å². The van der Waals surface area contributed by atoms with Gasteiger partial charge in [-0.05, 0) is 12.1 Å². The van der Waals surface area contributed by atoms with E-state index in [0.29, 0.717) is 0 Å². The molecule has 0 aliphatic carbocycles. The Morgan fingerprint density at radius 3 is 2.31 bits per heavy atom. The van der Waals surface area contributed by atoms with Crippen molar-refractivity contribution >= 4 is 5.69 Å². The fraction of sp³-hybridized carbons (Fsp3) is 0.455. The Bertz CT molecular complexity index is 244. The van der Waals surface area contributed by atoms with E-state index in [4.69, 9.17) is 5.11 Å². The standard InChI is InChI=1S/C11H18NO/c1-12(2,9-6-10-13)11-7-4-3-5-8-11/h3-5,7-8,13H,6,9-10H2,1-2H3/q+1. The Kier molecular flexibility index (Phi) is 3.46. The van der Waals surface area contributed by atoms with Crippen LogP contribution < -0.4 is 4.48 Å². The van der Waals surface area contributed by atoms with Crippen molar-refractivity contribution in [3.63, 3.8) is 0 Å². The third kappa shape index (κ3) is 2.83. The molecule has 0 saturated heterocycles. The summed E-state index contributed by atoms with van der Waals surface area (Å²) in [7, 11) is 4.32. The van der Waals surface area contributed by atoms with Gasteiger partial charge >= 0.3 is 0 Å². The van der Waals surface area contributed by atoms with Crippen LogP contribution in [0.2, 0.25) is 0 Å². The van der Waals surface area contributed by atoms with Crippen molar-refractivity contribution in [2.24, 2.45) is 0 Å². The minimum atomic E-state index is 0.272. The van der Waals surface area contributed by atoms with Crippen LogP contribution in [0.15, 0.2) is 30.3 Å². The first-order valence-corrected chi connectivity index (χ1v) is 4.66. The van der Waals surface area contributed by atoms with Gasteiger partial charge in [-0.25, -0.2) is 0 Å².